The van der Waals surface area contributed by atoms with E-state index in [0.717, 1.165) is 36.6 Å². The summed E-state index contributed by atoms with van der Waals surface area (Å²) in [6, 6.07) is 11.2. The standard InChI is InChI=1S/C21H21N5O3/c22-18(27)15-5-3-7-24-20(15)29-13-10-21(11-13)8-12(9-21)26-16-6-2-1-4-14(16)17(25-26)19(23)28/h1-7,12-13H,8-11H2,(H2,22,27)(H2,23,28). The monoisotopic (exact) mass is 391 g/mol. The summed E-state index contributed by atoms with van der Waals surface area (Å²) in [5.41, 5.74) is 12.7. The molecule has 2 saturated carbocycles. The molecule has 0 aliphatic heterocycles. The third kappa shape index (κ3) is 2.83. The Kier molecular flexibility index (Phi) is 3.84. The van der Waals surface area contributed by atoms with E-state index in [4.69, 9.17) is 16.2 Å². The Hall–Kier alpha value is -3.42. The zero-order chi connectivity index (χ0) is 20.2. The lowest BCUT2D eigenvalue weighted by atomic mass is 9.53. The van der Waals surface area contributed by atoms with Gasteiger partial charge in [-0.1, -0.05) is 18.2 Å². The van der Waals surface area contributed by atoms with E-state index in [-0.39, 0.29) is 17.6 Å². The second-order valence-corrected chi connectivity index (χ2v) is 8.11. The van der Waals surface area contributed by atoms with Crippen LogP contribution < -0.4 is 16.2 Å². The van der Waals surface area contributed by atoms with E-state index >= 15 is 0 Å². The smallest absolute Gasteiger partial charge is 0.269 e. The number of carbonyl (C=O) groups is 2. The van der Waals surface area contributed by atoms with Crippen molar-refractivity contribution in [3.05, 3.63) is 53.9 Å². The molecule has 1 spiro atoms. The number of para-hydroxylation sites is 1. The zero-order valence-corrected chi connectivity index (χ0v) is 15.7. The minimum atomic E-state index is -0.540. The highest BCUT2D eigenvalue weighted by molar-refractivity contribution is 6.04. The van der Waals surface area contributed by atoms with E-state index < -0.39 is 11.8 Å². The second-order valence-electron chi connectivity index (χ2n) is 8.11. The van der Waals surface area contributed by atoms with Gasteiger partial charge in [-0.3, -0.25) is 14.3 Å². The third-order valence-electron chi connectivity index (χ3n) is 6.17. The summed E-state index contributed by atoms with van der Waals surface area (Å²) in [7, 11) is 0. The van der Waals surface area contributed by atoms with Crippen molar-refractivity contribution in [3.63, 3.8) is 0 Å². The molecule has 1 aromatic carbocycles. The molecule has 3 aromatic rings. The van der Waals surface area contributed by atoms with Crippen molar-refractivity contribution in [3.8, 4) is 5.88 Å². The lowest BCUT2D eigenvalue weighted by Crippen LogP contribution is -2.52. The van der Waals surface area contributed by atoms with Gasteiger partial charge in [-0.2, -0.15) is 5.10 Å². The predicted octanol–water partition coefficient (Wildman–Crippen LogP) is 2.19. The van der Waals surface area contributed by atoms with Gasteiger partial charge < -0.3 is 16.2 Å². The Morgan fingerprint density at radius 1 is 1.03 bits per heavy atom. The Morgan fingerprint density at radius 3 is 2.52 bits per heavy atom. The number of nitrogens with two attached hydrogens (primary N) is 2. The fraction of sp³-hybridized carbons (Fsp3) is 0.333. The predicted molar refractivity (Wildman–Crippen MR) is 105 cm³/mol. The number of nitrogens with zero attached hydrogens (tertiary/aromatic N) is 3. The van der Waals surface area contributed by atoms with Crippen LogP contribution in [0.5, 0.6) is 5.88 Å². The molecule has 2 aliphatic carbocycles. The molecule has 0 bridgehead atoms. The maximum Gasteiger partial charge on any atom is 0.269 e. The van der Waals surface area contributed by atoms with E-state index in [1.54, 1.807) is 18.3 Å². The van der Waals surface area contributed by atoms with Gasteiger partial charge in [0.25, 0.3) is 11.8 Å². The molecular formula is C21H21N5O3. The average Bonchev–Trinajstić information content (AvgIpc) is 3.02. The fourth-order valence-electron chi connectivity index (χ4n) is 4.82. The number of primary amides is 2. The molecule has 2 aromatic heterocycles. The first-order chi connectivity index (χ1) is 14.0. The largest absolute Gasteiger partial charge is 0.474 e. The highest BCUT2D eigenvalue weighted by atomic mass is 16.5. The summed E-state index contributed by atoms with van der Waals surface area (Å²) >= 11 is 0. The van der Waals surface area contributed by atoms with Crippen LogP contribution in [0.15, 0.2) is 42.6 Å². The van der Waals surface area contributed by atoms with Gasteiger partial charge in [0, 0.05) is 11.6 Å². The van der Waals surface area contributed by atoms with Crippen molar-refractivity contribution >= 4 is 22.7 Å². The zero-order valence-electron chi connectivity index (χ0n) is 15.7. The molecular weight excluding hydrogens is 370 g/mol. The first kappa shape index (κ1) is 17.7. The normalized spacial score (nSPS) is 25.4. The van der Waals surface area contributed by atoms with Gasteiger partial charge >= 0.3 is 0 Å². The number of carbonyl (C=O) groups excluding carboxylic acids is 2. The molecule has 8 nitrogen and oxygen atoms in total. The molecule has 2 heterocycles. The van der Waals surface area contributed by atoms with Crippen molar-refractivity contribution in [2.75, 3.05) is 0 Å². The number of hydrogen-bond acceptors (Lipinski definition) is 5. The minimum Gasteiger partial charge on any atom is -0.474 e. The number of amides is 2. The van der Waals surface area contributed by atoms with Crippen molar-refractivity contribution in [1.82, 2.24) is 14.8 Å². The lowest BCUT2D eigenvalue weighted by Gasteiger charge is -2.57. The summed E-state index contributed by atoms with van der Waals surface area (Å²) in [6.07, 6.45) is 5.37. The average molecular weight is 391 g/mol. The molecule has 4 N–H and O–H groups in total. The third-order valence-corrected chi connectivity index (χ3v) is 6.17. The summed E-state index contributed by atoms with van der Waals surface area (Å²) < 4.78 is 7.87. The maximum atomic E-state index is 11.7. The van der Waals surface area contributed by atoms with Gasteiger partial charge in [0.2, 0.25) is 5.88 Å². The molecule has 5 rings (SSSR count). The molecule has 148 valence electrons. The van der Waals surface area contributed by atoms with E-state index in [1.165, 1.54) is 0 Å². The highest BCUT2D eigenvalue weighted by Gasteiger charge is 2.55. The number of pyridine rings is 1. The summed E-state index contributed by atoms with van der Waals surface area (Å²) in [4.78, 5) is 27.4. The van der Waals surface area contributed by atoms with Gasteiger partial charge in [0.1, 0.15) is 11.7 Å². The van der Waals surface area contributed by atoms with Crippen molar-refractivity contribution in [1.29, 1.82) is 0 Å². The van der Waals surface area contributed by atoms with Crippen LogP contribution in [-0.2, 0) is 0 Å². The van der Waals surface area contributed by atoms with Crippen LogP contribution in [0.4, 0.5) is 0 Å². The van der Waals surface area contributed by atoms with E-state index in [9.17, 15) is 9.59 Å². The topological polar surface area (TPSA) is 126 Å². The van der Waals surface area contributed by atoms with Crippen molar-refractivity contribution < 1.29 is 14.3 Å². The fourth-order valence-corrected chi connectivity index (χ4v) is 4.82. The summed E-state index contributed by atoms with van der Waals surface area (Å²) in [5, 5.41) is 5.30. The van der Waals surface area contributed by atoms with Gasteiger partial charge in [-0.05, 0) is 49.3 Å². The quantitative estimate of drug-likeness (QED) is 0.689. The van der Waals surface area contributed by atoms with E-state index in [0.29, 0.717) is 17.1 Å². The summed E-state index contributed by atoms with van der Waals surface area (Å²) in [5.74, 6) is -0.742. The van der Waals surface area contributed by atoms with Crippen LogP contribution in [0, 0.1) is 5.41 Å². The molecule has 0 saturated heterocycles. The minimum absolute atomic E-state index is 0.0273. The molecule has 0 unspecified atom stereocenters. The molecule has 0 atom stereocenters. The molecule has 29 heavy (non-hydrogen) atoms. The SMILES string of the molecule is NC(=O)c1cccnc1OC1CC2(C1)CC(n1nc(C(N)=O)c3ccccc31)C2. The van der Waals surface area contributed by atoms with Gasteiger partial charge in [0.15, 0.2) is 5.69 Å². The van der Waals surface area contributed by atoms with Crippen LogP contribution in [0.3, 0.4) is 0 Å². The molecule has 2 aliphatic rings. The van der Waals surface area contributed by atoms with Gasteiger partial charge in [-0.25, -0.2) is 4.98 Å². The van der Waals surface area contributed by atoms with Crippen LogP contribution in [0.1, 0.15) is 52.6 Å². The lowest BCUT2D eigenvalue weighted by molar-refractivity contribution is -0.0976. The second kappa shape index (κ2) is 6.30. The van der Waals surface area contributed by atoms with Gasteiger partial charge in [-0.15, -0.1) is 0 Å². The molecule has 8 heteroatoms. The van der Waals surface area contributed by atoms with E-state index in [2.05, 4.69) is 10.1 Å². The number of rotatable bonds is 5. The van der Waals surface area contributed by atoms with Gasteiger partial charge in [0.05, 0.1) is 11.6 Å². The van der Waals surface area contributed by atoms with Crippen molar-refractivity contribution in [2.45, 2.75) is 37.8 Å². The number of ether oxygens (including phenoxy) is 1. The Labute approximate surface area is 166 Å². The number of fused-ring (bicyclic) bond motifs is 1. The molecule has 2 amide bonds. The first-order valence-electron chi connectivity index (χ1n) is 9.64. The van der Waals surface area contributed by atoms with Crippen LogP contribution in [-0.4, -0.2) is 32.7 Å². The number of hydrogen-bond donors (Lipinski definition) is 2. The summed E-state index contributed by atoms with van der Waals surface area (Å²) in [6.45, 7) is 0. The molecule has 2 fully saturated rings. The molecule has 0 radical (unpaired) electrons. The number of aromatic nitrogens is 3. The van der Waals surface area contributed by atoms with Crippen molar-refractivity contribution in [2.24, 2.45) is 16.9 Å². The number of benzene rings is 1. The highest BCUT2D eigenvalue weighted by Crippen LogP contribution is 2.61. The Balaban J connectivity index is 1.27. The van der Waals surface area contributed by atoms with Crippen LogP contribution >= 0.6 is 0 Å². The maximum absolute atomic E-state index is 11.7. The van der Waals surface area contributed by atoms with E-state index in [1.807, 2.05) is 28.9 Å². The first-order valence-corrected chi connectivity index (χ1v) is 9.64. The Morgan fingerprint density at radius 2 is 1.79 bits per heavy atom. The van der Waals surface area contributed by atoms with Crippen LogP contribution in [0.25, 0.3) is 10.9 Å². The van der Waals surface area contributed by atoms with Crippen LogP contribution in [0.2, 0.25) is 0 Å². The Bertz CT molecular complexity index is 1120.